The van der Waals surface area contributed by atoms with E-state index in [9.17, 15) is 0 Å². The third kappa shape index (κ3) is 4.39. The second kappa shape index (κ2) is 7.50. The van der Waals surface area contributed by atoms with Crippen LogP contribution in [0.3, 0.4) is 0 Å². The fourth-order valence-electron chi connectivity index (χ4n) is 2.62. The quantitative estimate of drug-likeness (QED) is 0.829. The van der Waals surface area contributed by atoms with E-state index in [1.54, 1.807) is 7.11 Å². The van der Waals surface area contributed by atoms with Crippen molar-refractivity contribution in [2.24, 2.45) is 5.73 Å². The molecular formula is C16H26N2O2. The SMILES string of the molecule is COc1ccc(OCCN2CCCC2)c(CC(C)N)c1. The van der Waals surface area contributed by atoms with Gasteiger partial charge in [0.15, 0.2) is 0 Å². The molecule has 1 aliphatic rings. The smallest absolute Gasteiger partial charge is 0.122 e. The van der Waals surface area contributed by atoms with E-state index < -0.39 is 0 Å². The molecule has 20 heavy (non-hydrogen) atoms. The number of hydrogen-bond donors (Lipinski definition) is 1. The predicted molar refractivity (Wildman–Crippen MR) is 81.5 cm³/mol. The minimum Gasteiger partial charge on any atom is -0.497 e. The van der Waals surface area contributed by atoms with Gasteiger partial charge in [-0.2, -0.15) is 0 Å². The van der Waals surface area contributed by atoms with Gasteiger partial charge in [-0.3, -0.25) is 4.90 Å². The molecule has 0 amide bonds. The van der Waals surface area contributed by atoms with E-state index in [1.165, 1.54) is 25.9 Å². The maximum absolute atomic E-state index is 5.95. The number of benzene rings is 1. The zero-order valence-electron chi connectivity index (χ0n) is 12.6. The molecule has 2 rings (SSSR count). The highest BCUT2D eigenvalue weighted by Crippen LogP contribution is 2.25. The molecule has 4 nitrogen and oxygen atoms in total. The van der Waals surface area contributed by atoms with Crippen LogP contribution >= 0.6 is 0 Å². The lowest BCUT2D eigenvalue weighted by molar-refractivity contribution is 0.236. The Morgan fingerprint density at radius 1 is 1.30 bits per heavy atom. The first kappa shape index (κ1) is 15.1. The van der Waals surface area contributed by atoms with Crippen molar-refractivity contribution in [3.05, 3.63) is 23.8 Å². The molecule has 1 aromatic rings. The molecule has 0 spiro atoms. The summed E-state index contributed by atoms with van der Waals surface area (Å²) in [5, 5.41) is 0. The first-order chi connectivity index (χ1) is 9.69. The van der Waals surface area contributed by atoms with E-state index in [1.807, 2.05) is 25.1 Å². The molecule has 0 aromatic heterocycles. The Labute approximate surface area is 121 Å². The van der Waals surface area contributed by atoms with Gasteiger partial charge in [-0.05, 0) is 63.0 Å². The van der Waals surface area contributed by atoms with Crippen molar-refractivity contribution in [1.29, 1.82) is 0 Å². The largest absolute Gasteiger partial charge is 0.497 e. The molecule has 1 fully saturated rings. The van der Waals surface area contributed by atoms with Gasteiger partial charge >= 0.3 is 0 Å². The number of nitrogens with two attached hydrogens (primary N) is 1. The van der Waals surface area contributed by atoms with Crippen LogP contribution in [0.4, 0.5) is 0 Å². The predicted octanol–water partition coefficient (Wildman–Crippen LogP) is 2.06. The molecule has 1 saturated heterocycles. The van der Waals surface area contributed by atoms with E-state index in [-0.39, 0.29) is 6.04 Å². The Kier molecular flexibility index (Phi) is 5.68. The standard InChI is InChI=1S/C16H26N2O2/c1-13(17)11-14-12-15(19-2)5-6-16(14)20-10-9-18-7-3-4-8-18/h5-6,12-13H,3-4,7-11,17H2,1-2H3. The van der Waals surface area contributed by atoms with Crippen LogP contribution in [0.5, 0.6) is 11.5 Å². The molecule has 1 unspecified atom stereocenters. The van der Waals surface area contributed by atoms with E-state index in [4.69, 9.17) is 15.2 Å². The molecule has 1 heterocycles. The van der Waals surface area contributed by atoms with Gasteiger partial charge in [0.1, 0.15) is 18.1 Å². The Balaban J connectivity index is 1.94. The van der Waals surface area contributed by atoms with E-state index in [2.05, 4.69) is 4.90 Å². The molecule has 0 radical (unpaired) electrons. The van der Waals surface area contributed by atoms with Crippen LogP contribution in [0.2, 0.25) is 0 Å². The summed E-state index contributed by atoms with van der Waals surface area (Å²) < 4.78 is 11.2. The first-order valence-corrected chi connectivity index (χ1v) is 7.46. The lowest BCUT2D eigenvalue weighted by Gasteiger charge is -2.17. The van der Waals surface area contributed by atoms with Crippen molar-refractivity contribution in [3.8, 4) is 11.5 Å². The van der Waals surface area contributed by atoms with Gasteiger partial charge in [0.25, 0.3) is 0 Å². The van der Waals surface area contributed by atoms with Crippen molar-refractivity contribution in [2.45, 2.75) is 32.2 Å². The van der Waals surface area contributed by atoms with Gasteiger partial charge in [-0.15, -0.1) is 0 Å². The molecule has 1 aromatic carbocycles. The minimum atomic E-state index is 0.114. The van der Waals surface area contributed by atoms with Crippen molar-refractivity contribution in [2.75, 3.05) is 33.4 Å². The van der Waals surface area contributed by atoms with Crippen LogP contribution < -0.4 is 15.2 Å². The van der Waals surface area contributed by atoms with Crippen LogP contribution in [-0.4, -0.2) is 44.3 Å². The third-order valence-electron chi connectivity index (χ3n) is 3.67. The van der Waals surface area contributed by atoms with Crippen molar-refractivity contribution in [1.82, 2.24) is 4.90 Å². The summed E-state index contributed by atoms with van der Waals surface area (Å²) >= 11 is 0. The highest BCUT2D eigenvalue weighted by molar-refractivity contribution is 5.40. The second-order valence-corrected chi connectivity index (χ2v) is 5.55. The van der Waals surface area contributed by atoms with Crippen LogP contribution in [0.25, 0.3) is 0 Å². The summed E-state index contributed by atoms with van der Waals surface area (Å²) in [5.41, 5.74) is 7.03. The fourth-order valence-corrected chi connectivity index (χ4v) is 2.62. The van der Waals surface area contributed by atoms with Crippen molar-refractivity contribution >= 4 is 0 Å². The summed E-state index contributed by atoms with van der Waals surface area (Å²) in [6.07, 6.45) is 3.44. The number of ether oxygens (including phenoxy) is 2. The van der Waals surface area contributed by atoms with Gasteiger partial charge in [-0.25, -0.2) is 0 Å². The molecule has 2 N–H and O–H groups in total. The zero-order chi connectivity index (χ0) is 14.4. The Bertz CT molecular complexity index is 415. The second-order valence-electron chi connectivity index (χ2n) is 5.55. The van der Waals surface area contributed by atoms with Crippen molar-refractivity contribution in [3.63, 3.8) is 0 Å². The van der Waals surface area contributed by atoms with Gasteiger partial charge < -0.3 is 15.2 Å². The van der Waals surface area contributed by atoms with Crippen LogP contribution in [0, 0.1) is 0 Å². The summed E-state index contributed by atoms with van der Waals surface area (Å²) in [6.45, 7) is 6.16. The van der Waals surface area contributed by atoms with E-state index in [0.29, 0.717) is 0 Å². The molecule has 1 aliphatic heterocycles. The Morgan fingerprint density at radius 3 is 2.70 bits per heavy atom. The summed E-state index contributed by atoms with van der Waals surface area (Å²) in [6, 6.07) is 6.06. The molecule has 0 aliphatic carbocycles. The zero-order valence-corrected chi connectivity index (χ0v) is 12.6. The van der Waals surface area contributed by atoms with Gasteiger partial charge in [0.05, 0.1) is 7.11 Å². The minimum absolute atomic E-state index is 0.114. The van der Waals surface area contributed by atoms with Crippen LogP contribution in [-0.2, 0) is 6.42 Å². The average molecular weight is 278 g/mol. The normalized spacial score (nSPS) is 17.1. The fraction of sp³-hybridized carbons (Fsp3) is 0.625. The first-order valence-electron chi connectivity index (χ1n) is 7.46. The van der Waals surface area contributed by atoms with E-state index >= 15 is 0 Å². The average Bonchev–Trinajstić information content (AvgIpc) is 2.93. The number of likely N-dealkylation sites (tertiary alicyclic amines) is 1. The van der Waals surface area contributed by atoms with Crippen molar-refractivity contribution < 1.29 is 9.47 Å². The third-order valence-corrected chi connectivity index (χ3v) is 3.67. The van der Waals surface area contributed by atoms with E-state index in [0.717, 1.165) is 36.6 Å². The van der Waals surface area contributed by atoms with Gasteiger partial charge in [0, 0.05) is 12.6 Å². The maximum atomic E-state index is 5.95. The molecule has 0 saturated carbocycles. The highest BCUT2D eigenvalue weighted by Gasteiger charge is 2.12. The van der Waals surface area contributed by atoms with Gasteiger partial charge in [-0.1, -0.05) is 0 Å². The molecular weight excluding hydrogens is 252 g/mol. The number of nitrogens with zero attached hydrogens (tertiary/aromatic N) is 1. The van der Waals surface area contributed by atoms with Gasteiger partial charge in [0.2, 0.25) is 0 Å². The molecule has 4 heteroatoms. The topological polar surface area (TPSA) is 47.7 Å². The maximum Gasteiger partial charge on any atom is 0.122 e. The monoisotopic (exact) mass is 278 g/mol. The molecule has 0 bridgehead atoms. The highest BCUT2D eigenvalue weighted by atomic mass is 16.5. The summed E-state index contributed by atoms with van der Waals surface area (Å²) in [5.74, 6) is 1.79. The summed E-state index contributed by atoms with van der Waals surface area (Å²) in [7, 11) is 1.68. The number of hydrogen-bond acceptors (Lipinski definition) is 4. The van der Waals surface area contributed by atoms with Crippen LogP contribution in [0.1, 0.15) is 25.3 Å². The van der Waals surface area contributed by atoms with Crippen LogP contribution in [0.15, 0.2) is 18.2 Å². The summed E-state index contributed by atoms with van der Waals surface area (Å²) in [4.78, 5) is 2.45. The molecule has 112 valence electrons. The lowest BCUT2D eigenvalue weighted by Crippen LogP contribution is -2.25. The number of rotatable bonds is 7. The number of methoxy groups -OCH3 is 1. The lowest BCUT2D eigenvalue weighted by atomic mass is 10.1. The molecule has 1 atom stereocenters. The Hall–Kier alpha value is -1.26. The Morgan fingerprint density at radius 2 is 2.05 bits per heavy atom.